The Hall–Kier alpha value is -1.51. The number of methoxy groups -OCH3 is 1. The highest BCUT2D eigenvalue weighted by molar-refractivity contribution is 6.31. The number of nitrogens with zero attached hydrogens (tertiary/aromatic N) is 3. The summed E-state index contributed by atoms with van der Waals surface area (Å²) in [5.74, 6) is 0.194. The first-order valence-corrected chi connectivity index (χ1v) is 5.02. The van der Waals surface area contributed by atoms with Crippen molar-refractivity contribution < 1.29 is 14.8 Å². The van der Waals surface area contributed by atoms with E-state index >= 15 is 0 Å². The summed E-state index contributed by atoms with van der Waals surface area (Å²) in [5.41, 5.74) is -0.417. The summed E-state index contributed by atoms with van der Waals surface area (Å²) in [6.45, 7) is 0.0323. The van der Waals surface area contributed by atoms with Gasteiger partial charge in [-0.05, 0) is 0 Å². The van der Waals surface area contributed by atoms with Crippen LogP contribution in [0.15, 0.2) is 0 Å². The highest BCUT2D eigenvalue weighted by Crippen LogP contribution is 2.29. The fraction of sp³-hybridized carbons (Fsp3) is 0.500. The standard InChI is InChI=1S/C8H11ClN4O4/c1-17-4-5-11-7(9)6(13(15)16)8(12-5)10-2-3-14/h14H,2-4H2,1H3,(H,10,11,12). The molecule has 94 valence electrons. The normalized spacial score (nSPS) is 10.3. The lowest BCUT2D eigenvalue weighted by molar-refractivity contribution is -0.384. The van der Waals surface area contributed by atoms with Crippen LogP contribution in [-0.4, -0.2) is 40.3 Å². The molecule has 0 fully saturated rings. The van der Waals surface area contributed by atoms with Gasteiger partial charge in [-0.15, -0.1) is 0 Å². The number of hydrogen-bond donors (Lipinski definition) is 2. The highest BCUT2D eigenvalue weighted by atomic mass is 35.5. The molecule has 0 saturated carbocycles. The second-order valence-corrected chi connectivity index (χ2v) is 3.33. The molecule has 2 N–H and O–H groups in total. The van der Waals surface area contributed by atoms with Gasteiger partial charge in [0, 0.05) is 13.7 Å². The monoisotopic (exact) mass is 262 g/mol. The summed E-state index contributed by atoms with van der Waals surface area (Å²) < 4.78 is 4.81. The van der Waals surface area contributed by atoms with E-state index in [0.29, 0.717) is 0 Å². The molecule has 0 unspecified atom stereocenters. The van der Waals surface area contributed by atoms with Crippen LogP contribution in [0.5, 0.6) is 0 Å². The van der Waals surface area contributed by atoms with Gasteiger partial charge in [0.2, 0.25) is 11.0 Å². The summed E-state index contributed by atoms with van der Waals surface area (Å²) in [5, 5.41) is 21.8. The minimum atomic E-state index is -0.682. The SMILES string of the molecule is COCc1nc(Cl)c([N+](=O)[O-])c(NCCO)n1. The summed E-state index contributed by atoms with van der Waals surface area (Å²) in [6, 6.07) is 0. The topological polar surface area (TPSA) is 110 Å². The molecule has 0 aliphatic carbocycles. The third-order valence-corrected chi connectivity index (χ3v) is 2.01. The van der Waals surface area contributed by atoms with Crippen LogP contribution >= 0.6 is 11.6 Å². The van der Waals surface area contributed by atoms with E-state index in [1.54, 1.807) is 0 Å². The van der Waals surface area contributed by atoms with Gasteiger partial charge in [-0.3, -0.25) is 10.1 Å². The number of aliphatic hydroxyl groups excluding tert-OH is 1. The van der Waals surface area contributed by atoms with E-state index in [9.17, 15) is 10.1 Å². The van der Waals surface area contributed by atoms with Crippen LogP contribution in [0, 0.1) is 10.1 Å². The van der Waals surface area contributed by atoms with Crippen LogP contribution in [0.1, 0.15) is 5.82 Å². The Labute approximate surface area is 102 Å². The number of anilines is 1. The Balaban J connectivity index is 3.14. The van der Waals surface area contributed by atoms with Gasteiger partial charge in [0.25, 0.3) is 0 Å². The Bertz CT molecular complexity index is 415. The van der Waals surface area contributed by atoms with Crippen LogP contribution in [0.2, 0.25) is 5.15 Å². The van der Waals surface area contributed by atoms with Crippen molar-refractivity contribution in [3.05, 3.63) is 21.1 Å². The lowest BCUT2D eigenvalue weighted by Gasteiger charge is -2.07. The van der Waals surface area contributed by atoms with E-state index in [4.69, 9.17) is 21.4 Å². The third-order valence-electron chi connectivity index (χ3n) is 1.75. The maximum atomic E-state index is 10.8. The van der Waals surface area contributed by atoms with Gasteiger partial charge in [0.05, 0.1) is 11.5 Å². The van der Waals surface area contributed by atoms with Crippen LogP contribution in [0.3, 0.4) is 0 Å². The van der Waals surface area contributed by atoms with Gasteiger partial charge in [0.15, 0.2) is 5.82 Å². The molecule has 0 saturated heterocycles. The van der Waals surface area contributed by atoms with Crippen LogP contribution in [-0.2, 0) is 11.3 Å². The predicted octanol–water partition coefficient (Wildman–Crippen LogP) is 0.589. The fourth-order valence-electron chi connectivity index (χ4n) is 1.12. The van der Waals surface area contributed by atoms with E-state index in [0.717, 1.165) is 0 Å². The number of aliphatic hydroxyl groups is 1. The zero-order valence-electron chi connectivity index (χ0n) is 9.01. The average molecular weight is 263 g/mol. The largest absolute Gasteiger partial charge is 0.395 e. The van der Waals surface area contributed by atoms with Crippen molar-refractivity contribution in [2.75, 3.05) is 25.6 Å². The van der Waals surface area contributed by atoms with E-state index < -0.39 is 10.6 Å². The second-order valence-electron chi connectivity index (χ2n) is 2.97. The molecule has 0 aliphatic rings. The fourth-order valence-corrected chi connectivity index (χ4v) is 1.38. The van der Waals surface area contributed by atoms with Gasteiger partial charge >= 0.3 is 5.69 Å². The molecular formula is C8H11ClN4O4. The smallest absolute Gasteiger partial charge is 0.348 e. The minimum Gasteiger partial charge on any atom is -0.395 e. The molecule has 0 aromatic carbocycles. The minimum absolute atomic E-state index is 0.0314. The van der Waals surface area contributed by atoms with Gasteiger partial charge in [-0.2, -0.15) is 0 Å². The number of ether oxygens (including phenoxy) is 1. The van der Waals surface area contributed by atoms with E-state index in [2.05, 4.69) is 15.3 Å². The third kappa shape index (κ3) is 3.48. The summed E-state index contributed by atoms with van der Waals surface area (Å²) in [4.78, 5) is 17.7. The molecule has 1 aromatic rings. The van der Waals surface area contributed by atoms with Crippen molar-refractivity contribution in [2.24, 2.45) is 0 Å². The number of nitro groups is 1. The van der Waals surface area contributed by atoms with E-state index in [1.165, 1.54) is 7.11 Å². The molecular weight excluding hydrogens is 252 g/mol. The summed E-state index contributed by atoms with van der Waals surface area (Å²) in [7, 11) is 1.44. The first-order chi connectivity index (χ1) is 8.10. The lowest BCUT2D eigenvalue weighted by Crippen LogP contribution is -2.12. The summed E-state index contributed by atoms with van der Waals surface area (Å²) in [6.07, 6.45) is 0. The van der Waals surface area contributed by atoms with Gasteiger partial charge < -0.3 is 15.2 Å². The Kier molecular flexibility index (Phi) is 5.01. The highest BCUT2D eigenvalue weighted by Gasteiger charge is 2.23. The Morgan fingerprint density at radius 3 is 2.82 bits per heavy atom. The van der Waals surface area contributed by atoms with Crippen molar-refractivity contribution in [1.82, 2.24) is 9.97 Å². The van der Waals surface area contributed by atoms with Gasteiger partial charge in [-0.25, -0.2) is 9.97 Å². The molecule has 17 heavy (non-hydrogen) atoms. The van der Waals surface area contributed by atoms with E-state index in [-0.39, 0.29) is 36.6 Å². The maximum Gasteiger partial charge on any atom is 0.348 e. The zero-order valence-corrected chi connectivity index (χ0v) is 9.77. The average Bonchev–Trinajstić information content (AvgIpc) is 2.25. The molecule has 8 nitrogen and oxygen atoms in total. The molecule has 0 aliphatic heterocycles. The van der Waals surface area contributed by atoms with E-state index in [1.807, 2.05) is 0 Å². The first kappa shape index (κ1) is 13.6. The second kappa shape index (κ2) is 6.28. The van der Waals surface area contributed by atoms with Crippen LogP contribution < -0.4 is 5.32 Å². The Morgan fingerprint density at radius 1 is 1.59 bits per heavy atom. The molecule has 0 spiro atoms. The molecule has 0 radical (unpaired) electrons. The maximum absolute atomic E-state index is 10.8. The Morgan fingerprint density at radius 2 is 2.29 bits per heavy atom. The molecule has 0 atom stereocenters. The zero-order chi connectivity index (χ0) is 12.8. The molecule has 1 heterocycles. The van der Waals surface area contributed by atoms with Crippen LogP contribution in [0.25, 0.3) is 0 Å². The number of halogens is 1. The van der Waals surface area contributed by atoms with Crippen molar-refractivity contribution in [1.29, 1.82) is 0 Å². The molecule has 0 bridgehead atoms. The number of nitrogens with one attached hydrogen (secondary N) is 1. The first-order valence-electron chi connectivity index (χ1n) is 4.64. The lowest BCUT2D eigenvalue weighted by atomic mass is 10.4. The molecule has 1 rings (SSSR count). The van der Waals surface area contributed by atoms with Crippen molar-refractivity contribution in [2.45, 2.75) is 6.61 Å². The number of rotatable bonds is 6. The predicted molar refractivity (Wildman–Crippen MR) is 60.0 cm³/mol. The summed E-state index contributed by atoms with van der Waals surface area (Å²) >= 11 is 5.69. The number of hydrogen-bond acceptors (Lipinski definition) is 7. The van der Waals surface area contributed by atoms with Crippen molar-refractivity contribution in [3.63, 3.8) is 0 Å². The molecule has 1 aromatic heterocycles. The quantitative estimate of drug-likeness (QED) is 0.438. The molecule has 9 heteroatoms. The van der Waals surface area contributed by atoms with Gasteiger partial charge in [0.1, 0.15) is 6.61 Å². The number of aromatic nitrogens is 2. The van der Waals surface area contributed by atoms with Crippen LogP contribution in [0.4, 0.5) is 11.5 Å². The van der Waals surface area contributed by atoms with Crippen molar-refractivity contribution in [3.8, 4) is 0 Å². The van der Waals surface area contributed by atoms with Gasteiger partial charge in [-0.1, -0.05) is 11.6 Å². The molecule has 0 amide bonds. The van der Waals surface area contributed by atoms with Crippen molar-refractivity contribution >= 4 is 23.1 Å².